The van der Waals surface area contributed by atoms with Crippen molar-refractivity contribution in [3.63, 3.8) is 0 Å². The average Bonchev–Trinajstić information content (AvgIpc) is 2.65. The number of amides is 1. The summed E-state index contributed by atoms with van der Waals surface area (Å²) in [6, 6.07) is 0.161. The van der Waals surface area contributed by atoms with Gasteiger partial charge in [-0.2, -0.15) is 13.2 Å². The summed E-state index contributed by atoms with van der Waals surface area (Å²) in [5, 5.41) is 6.17. The molecular formula is C13H22F3N3O. The number of hydrogen-bond acceptors (Lipinski definition) is 3. The molecule has 2 aliphatic rings. The van der Waals surface area contributed by atoms with Crippen molar-refractivity contribution in [3.05, 3.63) is 0 Å². The molecule has 116 valence electrons. The zero-order valence-corrected chi connectivity index (χ0v) is 11.5. The van der Waals surface area contributed by atoms with Crippen LogP contribution in [0, 0.1) is 5.92 Å². The maximum Gasteiger partial charge on any atom is 0.401 e. The van der Waals surface area contributed by atoms with E-state index in [1.165, 1.54) is 4.90 Å². The van der Waals surface area contributed by atoms with Crippen molar-refractivity contribution in [2.75, 3.05) is 32.7 Å². The molecule has 2 N–H and O–H groups in total. The Morgan fingerprint density at radius 3 is 2.90 bits per heavy atom. The van der Waals surface area contributed by atoms with E-state index >= 15 is 0 Å². The second-order valence-electron chi connectivity index (χ2n) is 5.81. The summed E-state index contributed by atoms with van der Waals surface area (Å²) in [5.41, 5.74) is 0. The van der Waals surface area contributed by atoms with Crippen LogP contribution in [0.2, 0.25) is 0 Å². The van der Waals surface area contributed by atoms with Crippen LogP contribution in [0.1, 0.15) is 25.7 Å². The van der Waals surface area contributed by atoms with Gasteiger partial charge in [-0.15, -0.1) is 0 Å². The lowest BCUT2D eigenvalue weighted by Gasteiger charge is -2.20. The number of carbonyl (C=O) groups excluding carboxylic acids is 1. The van der Waals surface area contributed by atoms with E-state index in [2.05, 4.69) is 10.6 Å². The molecule has 2 heterocycles. The van der Waals surface area contributed by atoms with Crippen molar-refractivity contribution >= 4 is 5.91 Å². The fourth-order valence-electron chi connectivity index (χ4n) is 2.96. The van der Waals surface area contributed by atoms with Gasteiger partial charge in [0.25, 0.3) is 0 Å². The largest absolute Gasteiger partial charge is 0.401 e. The van der Waals surface area contributed by atoms with Crippen LogP contribution in [0.4, 0.5) is 13.2 Å². The molecule has 0 spiro atoms. The third-order valence-corrected chi connectivity index (χ3v) is 3.95. The summed E-state index contributed by atoms with van der Waals surface area (Å²) in [7, 11) is 0. The molecule has 2 rings (SSSR count). The topological polar surface area (TPSA) is 44.4 Å². The zero-order valence-electron chi connectivity index (χ0n) is 11.5. The van der Waals surface area contributed by atoms with E-state index in [9.17, 15) is 18.0 Å². The number of alkyl halides is 3. The molecule has 0 bridgehead atoms. The van der Waals surface area contributed by atoms with Gasteiger partial charge in [-0.25, -0.2) is 0 Å². The van der Waals surface area contributed by atoms with E-state index in [1.807, 2.05) is 0 Å². The van der Waals surface area contributed by atoms with Gasteiger partial charge in [0.2, 0.25) is 5.91 Å². The molecule has 20 heavy (non-hydrogen) atoms. The van der Waals surface area contributed by atoms with Gasteiger partial charge < -0.3 is 10.6 Å². The third kappa shape index (κ3) is 5.28. The van der Waals surface area contributed by atoms with E-state index in [-0.39, 0.29) is 17.9 Å². The number of nitrogens with zero attached hydrogens (tertiary/aromatic N) is 1. The Balaban J connectivity index is 1.68. The molecule has 4 nitrogen and oxygen atoms in total. The van der Waals surface area contributed by atoms with Crippen molar-refractivity contribution in [1.29, 1.82) is 0 Å². The molecule has 2 aliphatic heterocycles. The second kappa shape index (κ2) is 6.76. The van der Waals surface area contributed by atoms with Crippen LogP contribution < -0.4 is 10.6 Å². The molecule has 2 saturated heterocycles. The molecule has 0 radical (unpaired) electrons. The Morgan fingerprint density at radius 2 is 2.15 bits per heavy atom. The van der Waals surface area contributed by atoms with E-state index in [0.29, 0.717) is 26.1 Å². The van der Waals surface area contributed by atoms with Gasteiger partial charge in [-0.05, 0) is 38.3 Å². The maximum atomic E-state index is 12.3. The maximum absolute atomic E-state index is 12.3. The fraction of sp³-hybridized carbons (Fsp3) is 0.923. The molecule has 0 saturated carbocycles. The summed E-state index contributed by atoms with van der Waals surface area (Å²) in [5.74, 6) is 0.314. The predicted octanol–water partition coefficient (Wildman–Crippen LogP) is 1.13. The highest BCUT2D eigenvalue weighted by molar-refractivity contribution is 5.76. The van der Waals surface area contributed by atoms with Gasteiger partial charge in [-0.3, -0.25) is 9.69 Å². The van der Waals surface area contributed by atoms with Crippen molar-refractivity contribution < 1.29 is 18.0 Å². The highest BCUT2D eigenvalue weighted by Gasteiger charge is 2.34. The van der Waals surface area contributed by atoms with Crippen LogP contribution in [-0.2, 0) is 4.79 Å². The third-order valence-electron chi connectivity index (χ3n) is 3.95. The van der Waals surface area contributed by atoms with Gasteiger partial charge >= 0.3 is 6.18 Å². The molecule has 0 aromatic heterocycles. The summed E-state index contributed by atoms with van der Waals surface area (Å²) < 4.78 is 36.9. The van der Waals surface area contributed by atoms with Crippen molar-refractivity contribution in [2.24, 2.45) is 5.92 Å². The molecular weight excluding hydrogens is 271 g/mol. The van der Waals surface area contributed by atoms with Crippen LogP contribution in [0.5, 0.6) is 0 Å². The zero-order chi connectivity index (χ0) is 14.6. The van der Waals surface area contributed by atoms with Gasteiger partial charge in [-0.1, -0.05) is 0 Å². The molecule has 0 aromatic carbocycles. The Kier molecular flexibility index (Phi) is 5.26. The Morgan fingerprint density at radius 1 is 1.35 bits per heavy atom. The summed E-state index contributed by atoms with van der Waals surface area (Å²) in [6.07, 6.45) is -0.950. The molecule has 2 fully saturated rings. The van der Waals surface area contributed by atoms with E-state index in [1.54, 1.807) is 0 Å². The molecule has 2 unspecified atom stereocenters. The number of nitrogens with one attached hydrogen (secondary N) is 2. The first-order valence-corrected chi connectivity index (χ1v) is 7.21. The molecule has 0 aromatic rings. The SMILES string of the molecule is O=C1CC(NCC2CCN(CC(F)(F)F)C2)CCCN1. The van der Waals surface area contributed by atoms with Crippen LogP contribution in [-0.4, -0.2) is 55.7 Å². The molecule has 7 heteroatoms. The van der Waals surface area contributed by atoms with Crippen LogP contribution in [0.25, 0.3) is 0 Å². The van der Waals surface area contributed by atoms with Crippen molar-refractivity contribution in [1.82, 2.24) is 15.5 Å². The Labute approximate surface area is 117 Å². The first kappa shape index (κ1) is 15.6. The van der Waals surface area contributed by atoms with Gasteiger partial charge in [0.15, 0.2) is 0 Å². The minimum atomic E-state index is -4.11. The van der Waals surface area contributed by atoms with Crippen molar-refractivity contribution in [3.8, 4) is 0 Å². The minimum Gasteiger partial charge on any atom is -0.356 e. The molecule has 2 atom stereocenters. The van der Waals surface area contributed by atoms with Gasteiger partial charge in [0.1, 0.15) is 0 Å². The van der Waals surface area contributed by atoms with E-state index in [0.717, 1.165) is 25.8 Å². The quantitative estimate of drug-likeness (QED) is 0.817. The van der Waals surface area contributed by atoms with Gasteiger partial charge in [0, 0.05) is 25.6 Å². The Bertz CT molecular complexity index is 335. The smallest absolute Gasteiger partial charge is 0.356 e. The van der Waals surface area contributed by atoms with Crippen LogP contribution in [0.15, 0.2) is 0 Å². The molecule has 0 aliphatic carbocycles. The minimum absolute atomic E-state index is 0.0603. The number of carbonyl (C=O) groups is 1. The second-order valence-corrected chi connectivity index (χ2v) is 5.81. The number of hydrogen-bond donors (Lipinski definition) is 2. The van der Waals surface area contributed by atoms with E-state index < -0.39 is 12.7 Å². The summed E-state index contributed by atoms with van der Waals surface area (Å²) in [4.78, 5) is 12.9. The van der Waals surface area contributed by atoms with Gasteiger partial charge in [0.05, 0.1) is 6.54 Å². The number of rotatable bonds is 4. The van der Waals surface area contributed by atoms with Crippen LogP contribution >= 0.6 is 0 Å². The lowest BCUT2D eigenvalue weighted by molar-refractivity contribution is -0.143. The highest BCUT2D eigenvalue weighted by Crippen LogP contribution is 2.22. The summed E-state index contributed by atoms with van der Waals surface area (Å²) >= 11 is 0. The number of halogens is 3. The first-order chi connectivity index (χ1) is 9.42. The lowest BCUT2D eigenvalue weighted by Crippen LogP contribution is -2.37. The Hall–Kier alpha value is -0.820. The molecule has 1 amide bonds. The lowest BCUT2D eigenvalue weighted by atomic mass is 10.1. The first-order valence-electron chi connectivity index (χ1n) is 7.21. The van der Waals surface area contributed by atoms with E-state index in [4.69, 9.17) is 0 Å². The predicted molar refractivity (Wildman–Crippen MR) is 69.3 cm³/mol. The highest BCUT2D eigenvalue weighted by atomic mass is 19.4. The fourth-order valence-corrected chi connectivity index (χ4v) is 2.96. The van der Waals surface area contributed by atoms with Crippen molar-refractivity contribution in [2.45, 2.75) is 37.9 Å². The summed E-state index contributed by atoms with van der Waals surface area (Å²) in [6.45, 7) is 1.61. The standard InChI is InChI=1S/C13H22F3N3O/c14-13(15,16)9-19-5-3-10(8-19)7-18-11-2-1-4-17-12(20)6-11/h10-11,18H,1-9H2,(H,17,20). The average molecular weight is 293 g/mol. The van der Waals surface area contributed by atoms with Crippen LogP contribution in [0.3, 0.4) is 0 Å². The number of likely N-dealkylation sites (tertiary alicyclic amines) is 1. The monoisotopic (exact) mass is 293 g/mol. The normalized spacial score (nSPS) is 29.2.